The summed E-state index contributed by atoms with van der Waals surface area (Å²) in [5.41, 5.74) is 0. The molecule has 0 saturated heterocycles. The third-order valence-electron chi connectivity index (χ3n) is 1.33. The molecule has 7 heteroatoms. The van der Waals surface area contributed by atoms with Gasteiger partial charge in [-0.3, -0.25) is 4.79 Å². The molecule has 0 aromatic rings. The molecule has 0 aromatic heterocycles. The molecule has 0 saturated carbocycles. The van der Waals surface area contributed by atoms with Crippen molar-refractivity contribution >= 4 is 15.8 Å². The number of nitrogens with one attached hydrogen (secondary N) is 1. The Morgan fingerprint density at radius 3 is 2.15 bits per heavy atom. The van der Waals surface area contributed by atoms with Crippen molar-refractivity contribution in [2.75, 3.05) is 6.54 Å². The summed E-state index contributed by atoms with van der Waals surface area (Å²) in [6.45, 7) is 2.53. The Morgan fingerprint density at radius 1 is 1.38 bits per heavy atom. The predicted molar refractivity (Wildman–Crippen MR) is 42.8 cm³/mol. The van der Waals surface area contributed by atoms with Crippen LogP contribution < -0.4 is 4.72 Å². The maximum atomic E-state index is 11.7. The van der Waals surface area contributed by atoms with Gasteiger partial charge in [-0.25, -0.2) is 13.1 Å². The topological polar surface area (TPSA) is 63.2 Å². The van der Waals surface area contributed by atoms with E-state index in [1.165, 1.54) is 4.72 Å². The van der Waals surface area contributed by atoms with Crippen LogP contribution in [0.15, 0.2) is 0 Å². The van der Waals surface area contributed by atoms with Crippen molar-refractivity contribution in [2.24, 2.45) is 5.92 Å². The second-order valence-electron chi connectivity index (χ2n) is 2.75. The Labute approximate surface area is 75.4 Å². The van der Waals surface area contributed by atoms with Crippen molar-refractivity contribution in [3.05, 3.63) is 0 Å². The van der Waals surface area contributed by atoms with Gasteiger partial charge in [0.1, 0.15) is 5.78 Å². The number of Topliss-reactive ketones (excluding diaryl/α,β-unsaturated/α-hetero) is 1. The highest BCUT2D eigenvalue weighted by Crippen LogP contribution is 2.01. The SMILES string of the molecule is CC(C)C(=O)CNS(=O)(=O)C(F)F. The molecule has 78 valence electrons. The molecule has 0 amide bonds. The first-order chi connectivity index (χ1) is 5.77. The van der Waals surface area contributed by atoms with Crippen LogP contribution in [0.4, 0.5) is 8.78 Å². The normalized spacial score (nSPS) is 12.5. The van der Waals surface area contributed by atoms with Gasteiger partial charge in [-0.2, -0.15) is 8.78 Å². The summed E-state index contributed by atoms with van der Waals surface area (Å²) in [6.07, 6.45) is 0. The quantitative estimate of drug-likeness (QED) is 0.720. The van der Waals surface area contributed by atoms with Crippen LogP contribution in [0, 0.1) is 5.92 Å². The first-order valence-corrected chi connectivity index (χ1v) is 5.11. The molecule has 0 rings (SSSR count). The number of ketones is 1. The summed E-state index contributed by atoms with van der Waals surface area (Å²) in [5, 5.41) is 0. The second kappa shape index (κ2) is 4.61. The fraction of sp³-hybridized carbons (Fsp3) is 0.833. The van der Waals surface area contributed by atoms with Gasteiger partial charge in [0.2, 0.25) is 0 Å². The van der Waals surface area contributed by atoms with Gasteiger partial charge in [-0.15, -0.1) is 0 Å². The van der Waals surface area contributed by atoms with Gasteiger partial charge in [-0.05, 0) is 0 Å². The summed E-state index contributed by atoms with van der Waals surface area (Å²) >= 11 is 0. The Morgan fingerprint density at radius 2 is 1.85 bits per heavy atom. The van der Waals surface area contributed by atoms with E-state index in [9.17, 15) is 22.0 Å². The molecule has 0 atom stereocenters. The number of sulfonamides is 1. The average molecular weight is 215 g/mol. The van der Waals surface area contributed by atoms with E-state index in [4.69, 9.17) is 0 Å². The van der Waals surface area contributed by atoms with Gasteiger partial charge in [-0.1, -0.05) is 13.8 Å². The fourth-order valence-electron chi connectivity index (χ4n) is 0.439. The van der Waals surface area contributed by atoms with Crippen LogP contribution in [0.2, 0.25) is 0 Å². The number of carbonyl (C=O) groups excluding carboxylic acids is 1. The number of carbonyl (C=O) groups is 1. The van der Waals surface area contributed by atoms with Gasteiger partial charge in [0.05, 0.1) is 6.54 Å². The zero-order chi connectivity index (χ0) is 10.6. The van der Waals surface area contributed by atoms with Crippen molar-refractivity contribution in [1.82, 2.24) is 4.72 Å². The largest absolute Gasteiger partial charge is 0.350 e. The molecule has 0 unspecified atom stereocenters. The number of hydrogen-bond acceptors (Lipinski definition) is 3. The van der Waals surface area contributed by atoms with E-state index in [0.717, 1.165) is 0 Å². The van der Waals surface area contributed by atoms with E-state index < -0.39 is 28.1 Å². The molecular weight excluding hydrogens is 204 g/mol. The van der Waals surface area contributed by atoms with Crippen molar-refractivity contribution < 1.29 is 22.0 Å². The smallest absolute Gasteiger partial charge is 0.298 e. The lowest BCUT2D eigenvalue weighted by atomic mass is 10.1. The number of alkyl halides is 2. The Hall–Kier alpha value is -0.560. The molecule has 4 nitrogen and oxygen atoms in total. The predicted octanol–water partition coefficient (Wildman–Crippen LogP) is 0.353. The van der Waals surface area contributed by atoms with Crippen LogP contribution in [0.5, 0.6) is 0 Å². The molecule has 13 heavy (non-hydrogen) atoms. The van der Waals surface area contributed by atoms with Crippen molar-refractivity contribution in [2.45, 2.75) is 19.6 Å². The lowest BCUT2D eigenvalue weighted by Crippen LogP contribution is -2.35. The molecule has 0 aromatic carbocycles. The fourth-order valence-corrected chi connectivity index (χ4v) is 0.908. The molecule has 1 N–H and O–H groups in total. The van der Waals surface area contributed by atoms with Crippen molar-refractivity contribution in [1.29, 1.82) is 0 Å². The monoisotopic (exact) mass is 215 g/mol. The molecule has 0 aliphatic rings. The lowest BCUT2D eigenvalue weighted by molar-refractivity contribution is -0.120. The van der Waals surface area contributed by atoms with Gasteiger partial charge < -0.3 is 0 Å². The van der Waals surface area contributed by atoms with Gasteiger partial charge >= 0.3 is 5.76 Å². The summed E-state index contributed by atoms with van der Waals surface area (Å²) in [7, 11) is -4.63. The van der Waals surface area contributed by atoms with Crippen LogP contribution in [0.25, 0.3) is 0 Å². The van der Waals surface area contributed by atoms with E-state index in [2.05, 4.69) is 0 Å². The zero-order valence-corrected chi connectivity index (χ0v) is 8.07. The average Bonchev–Trinajstić information content (AvgIpc) is 1.99. The van der Waals surface area contributed by atoms with Crippen LogP contribution in [0.3, 0.4) is 0 Å². The minimum absolute atomic E-state index is 0.375. The zero-order valence-electron chi connectivity index (χ0n) is 7.25. The third-order valence-corrected chi connectivity index (χ3v) is 2.34. The first kappa shape index (κ1) is 12.4. The Balaban J connectivity index is 4.12. The van der Waals surface area contributed by atoms with Gasteiger partial charge in [0.25, 0.3) is 10.0 Å². The molecule has 0 aliphatic heterocycles. The van der Waals surface area contributed by atoms with Crippen LogP contribution in [-0.2, 0) is 14.8 Å². The standard InChI is InChI=1S/C6H11F2NO3S/c1-4(2)5(10)3-9-13(11,12)6(7)8/h4,6,9H,3H2,1-2H3. The molecule has 0 bridgehead atoms. The maximum absolute atomic E-state index is 11.7. The van der Waals surface area contributed by atoms with Crippen molar-refractivity contribution in [3.63, 3.8) is 0 Å². The number of rotatable bonds is 5. The lowest BCUT2D eigenvalue weighted by Gasteiger charge is -2.06. The number of halogens is 2. The summed E-state index contributed by atoms with van der Waals surface area (Å²) < 4.78 is 45.8. The minimum Gasteiger partial charge on any atom is -0.298 e. The highest BCUT2D eigenvalue weighted by Gasteiger charge is 2.24. The first-order valence-electron chi connectivity index (χ1n) is 3.56. The molecular formula is C6H11F2NO3S. The molecule has 0 radical (unpaired) electrons. The summed E-state index contributed by atoms with van der Waals surface area (Å²) in [5.74, 6) is -4.29. The minimum atomic E-state index is -4.63. The summed E-state index contributed by atoms with van der Waals surface area (Å²) in [4.78, 5) is 10.8. The summed E-state index contributed by atoms with van der Waals surface area (Å²) in [6, 6.07) is 0. The van der Waals surface area contributed by atoms with E-state index in [1.807, 2.05) is 0 Å². The van der Waals surface area contributed by atoms with E-state index in [1.54, 1.807) is 13.8 Å². The van der Waals surface area contributed by atoms with Gasteiger partial charge in [0, 0.05) is 5.92 Å². The molecule has 0 aliphatic carbocycles. The maximum Gasteiger partial charge on any atom is 0.350 e. The van der Waals surface area contributed by atoms with E-state index >= 15 is 0 Å². The van der Waals surface area contributed by atoms with Crippen LogP contribution >= 0.6 is 0 Å². The van der Waals surface area contributed by atoms with Crippen LogP contribution in [-0.4, -0.2) is 26.5 Å². The highest BCUT2D eigenvalue weighted by atomic mass is 32.2. The van der Waals surface area contributed by atoms with E-state index in [0.29, 0.717) is 0 Å². The highest BCUT2D eigenvalue weighted by molar-refractivity contribution is 7.89. The molecule has 0 spiro atoms. The Kier molecular flexibility index (Phi) is 4.41. The Bertz CT molecular complexity index is 274. The van der Waals surface area contributed by atoms with Crippen LogP contribution in [0.1, 0.15) is 13.8 Å². The molecule has 0 fully saturated rings. The second-order valence-corrected chi connectivity index (χ2v) is 4.48. The van der Waals surface area contributed by atoms with E-state index in [-0.39, 0.29) is 5.92 Å². The number of hydrogen-bond donors (Lipinski definition) is 1. The van der Waals surface area contributed by atoms with Gasteiger partial charge in [0.15, 0.2) is 0 Å². The third kappa shape index (κ3) is 4.28. The molecule has 0 heterocycles. The van der Waals surface area contributed by atoms with Crippen molar-refractivity contribution in [3.8, 4) is 0 Å².